The van der Waals surface area contributed by atoms with Gasteiger partial charge in [0.25, 0.3) is 0 Å². The van der Waals surface area contributed by atoms with Gasteiger partial charge in [0.1, 0.15) is 18.0 Å². The van der Waals surface area contributed by atoms with Crippen LogP contribution >= 0.6 is 0 Å². The SMILES string of the molecule is CN(C(=O)NCc1ccc(C#N)c(F)c1)[C@H]1CCO[C@@H]1c1cccnc1. The lowest BCUT2D eigenvalue weighted by atomic mass is 10.0. The van der Waals surface area contributed by atoms with Crippen LogP contribution in [0, 0.1) is 17.1 Å². The van der Waals surface area contributed by atoms with E-state index in [1.165, 1.54) is 12.1 Å². The first-order valence-electron chi connectivity index (χ1n) is 8.31. The number of carbonyl (C=O) groups is 1. The summed E-state index contributed by atoms with van der Waals surface area (Å²) < 4.78 is 19.4. The second-order valence-electron chi connectivity index (χ2n) is 6.13. The molecule has 0 aliphatic carbocycles. The summed E-state index contributed by atoms with van der Waals surface area (Å²) in [7, 11) is 1.72. The second-order valence-corrected chi connectivity index (χ2v) is 6.13. The minimum absolute atomic E-state index is 0.0142. The van der Waals surface area contributed by atoms with Crippen LogP contribution in [0.3, 0.4) is 0 Å². The zero-order valence-electron chi connectivity index (χ0n) is 14.4. The number of amides is 2. The first-order valence-corrected chi connectivity index (χ1v) is 8.31. The number of hydrogen-bond acceptors (Lipinski definition) is 4. The van der Waals surface area contributed by atoms with Gasteiger partial charge in [-0.05, 0) is 30.2 Å². The lowest BCUT2D eigenvalue weighted by Crippen LogP contribution is -2.44. The minimum Gasteiger partial charge on any atom is -0.371 e. The molecule has 1 aromatic heterocycles. The van der Waals surface area contributed by atoms with E-state index in [1.54, 1.807) is 36.5 Å². The predicted octanol–water partition coefficient (Wildman–Crippen LogP) is 2.76. The van der Waals surface area contributed by atoms with Crippen LogP contribution in [0.2, 0.25) is 0 Å². The number of likely N-dealkylation sites (N-methyl/N-ethyl adjacent to an activating group) is 1. The number of ether oxygens (including phenoxy) is 1. The maximum atomic E-state index is 13.7. The van der Waals surface area contributed by atoms with Gasteiger partial charge in [-0.1, -0.05) is 12.1 Å². The maximum absolute atomic E-state index is 13.7. The third kappa shape index (κ3) is 3.81. The Kier molecular flexibility index (Phi) is 5.44. The van der Waals surface area contributed by atoms with Crippen molar-refractivity contribution in [3.05, 3.63) is 65.2 Å². The number of aromatic nitrogens is 1. The highest BCUT2D eigenvalue weighted by molar-refractivity contribution is 5.74. The maximum Gasteiger partial charge on any atom is 0.317 e. The first-order chi connectivity index (χ1) is 12.6. The van der Waals surface area contributed by atoms with Gasteiger partial charge in [-0.25, -0.2) is 9.18 Å². The molecule has 1 N–H and O–H groups in total. The van der Waals surface area contributed by atoms with Gasteiger partial charge in [0.2, 0.25) is 0 Å². The Labute approximate surface area is 151 Å². The molecule has 2 aromatic rings. The molecular weight excluding hydrogens is 335 g/mol. The number of nitrogens with one attached hydrogen (secondary N) is 1. The van der Waals surface area contributed by atoms with E-state index < -0.39 is 5.82 Å². The van der Waals surface area contributed by atoms with Crippen LogP contribution in [0.1, 0.15) is 29.2 Å². The highest BCUT2D eigenvalue weighted by Gasteiger charge is 2.34. The van der Waals surface area contributed by atoms with E-state index in [0.717, 1.165) is 12.0 Å². The normalized spacial score (nSPS) is 19.0. The molecule has 2 amide bonds. The van der Waals surface area contributed by atoms with Crippen molar-refractivity contribution in [3.8, 4) is 6.07 Å². The Morgan fingerprint density at radius 2 is 2.35 bits per heavy atom. The van der Waals surface area contributed by atoms with Gasteiger partial charge in [-0.2, -0.15) is 5.26 Å². The molecule has 7 heteroatoms. The molecule has 3 rings (SSSR count). The van der Waals surface area contributed by atoms with Crippen LogP contribution in [0.15, 0.2) is 42.7 Å². The molecule has 134 valence electrons. The summed E-state index contributed by atoms with van der Waals surface area (Å²) in [4.78, 5) is 18.2. The molecule has 26 heavy (non-hydrogen) atoms. The van der Waals surface area contributed by atoms with Gasteiger partial charge < -0.3 is 15.0 Å². The molecule has 0 spiro atoms. The smallest absolute Gasteiger partial charge is 0.317 e. The summed E-state index contributed by atoms with van der Waals surface area (Å²) in [6, 6.07) is 9.47. The van der Waals surface area contributed by atoms with E-state index in [0.29, 0.717) is 12.2 Å². The molecule has 1 aliphatic heterocycles. The summed E-state index contributed by atoms with van der Waals surface area (Å²) in [6.45, 7) is 0.750. The monoisotopic (exact) mass is 354 g/mol. The quantitative estimate of drug-likeness (QED) is 0.916. The zero-order valence-corrected chi connectivity index (χ0v) is 14.4. The van der Waals surface area contributed by atoms with E-state index in [4.69, 9.17) is 10.00 Å². The van der Waals surface area contributed by atoms with Crippen LogP contribution in [0.5, 0.6) is 0 Å². The molecule has 1 aliphatic rings. The Bertz CT molecular complexity index is 822. The van der Waals surface area contributed by atoms with Gasteiger partial charge in [-0.15, -0.1) is 0 Å². The molecule has 1 aromatic carbocycles. The Balaban J connectivity index is 1.62. The van der Waals surface area contributed by atoms with E-state index in [1.807, 2.05) is 12.1 Å². The number of urea groups is 1. The van der Waals surface area contributed by atoms with Crippen LogP contribution in [0.25, 0.3) is 0 Å². The lowest BCUT2D eigenvalue weighted by Gasteiger charge is -2.28. The van der Waals surface area contributed by atoms with E-state index in [2.05, 4.69) is 10.3 Å². The van der Waals surface area contributed by atoms with Gasteiger partial charge >= 0.3 is 6.03 Å². The molecule has 1 fully saturated rings. The average Bonchev–Trinajstić information content (AvgIpc) is 3.16. The summed E-state index contributed by atoms with van der Waals surface area (Å²) in [6.07, 6.45) is 3.95. The number of halogens is 1. The largest absolute Gasteiger partial charge is 0.371 e. The number of carbonyl (C=O) groups excluding carboxylic acids is 1. The van der Waals surface area contributed by atoms with Crippen molar-refractivity contribution in [2.45, 2.75) is 25.1 Å². The summed E-state index contributed by atoms with van der Waals surface area (Å²) in [5, 5.41) is 11.5. The van der Waals surface area contributed by atoms with Gasteiger partial charge in [0, 0.05) is 38.2 Å². The fraction of sp³-hybridized carbons (Fsp3) is 0.316. The molecule has 0 unspecified atom stereocenters. The number of benzene rings is 1. The molecule has 2 heterocycles. The second kappa shape index (κ2) is 7.93. The third-order valence-corrected chi connectivity index (χ3v) is 4.49. The number of rotatable bonds is 4. The summed E-state index contributed by atoms with van der Waals surface area (Å²) in [5.41, 5.74) is 1.51. The van der Waals surface area contributed by atoms with Crippen molar-refractivity contribution in [1.29, 1.82) is 5.26 Å². The first kappa shape index (κ1) is 17.8. The van der Waals surface area contributed by atoms with Gasteiger partial charge in [-0.3, -0.25) is 4.98 Å². The molecule has 0 radical (unpaired) electrons. The highest BCUT2D eigenvalue weighted by Crippen LogP contribution is 2.31. The minimum atomic E-state index is -0.589. The topological polar surface area (TPSA) is 78.2 Å². The summed E-state index contributed by atoms with van der Waals surface area (Å²) in [5.74, 6) is -0.589. The standard InChI is InChI=1S/C19H19FN4O2/c1-24(17-6-8-26-18(17)15-3-2-7-22-12-15)19(25)23-11-13-4-5-14(10-21)16(20)9-13/h2-5,7,9,12,17-18H,6,8,11H2,1H3,(H,23,25)/t17-,18+/m0/s1. The van der Waals surface area contributed by atoms with Crippen molar-refractivity contribution < 1.29 is 13.9 Å². The van der Waals surface area contributed by atoms with Crippen molar-refractivity contribution in [2.75, 3.05) is 13.7 Å². The predicted molar refractivity (Wildman–Crippen MR) is 92.4 cm³/mol. The van der Waals surface area contributed by atoms with Crippen LogP contribution < -0.4 is 5.32 Å². The van der Waals surface area contributed by atoms with Crippen molar-refractivity contribution in [1.82, 2.24) is 15.2 Å². The Morgan fingerprint density at radius 1 is 1.50 bits per heavy atom. The number of nitriles is 1. The Morgan fingerprint density at radius 3 is 3.04 bits per heavy atom. The fourth-order valence-electron chi connectivity index (χ4n) is 3.05. The van der Waals surface area contributed by atoms with Crippen molar-refractivity contribution >= 4 is 6.03 Å². The lowest BCUT2D eigenvalue weighted by molar-refractivity contribution is 0.0768. The molecule has 0 bridgehead atoms. The van der Waals surface area contributed by atoms with E-state index in [9.17, 15) is 9.18 Å². The van der Waals surface area contributed by atoms with Crippen molar-refractivity contribution in [2.24, 2.45) is 0 Å². The summed E-state index contributed by atoms with van der Waals surface area (Å²) >= 11 is 0. The van der Waals surface area contributed by atoms with Crippen LogP contribution in [0.4, 0.5) is 9.18 Å². The number of nitrogens with zero attached hydrogens (tertiary/aromatic N) is 3. The van der Waals surface area contributed by atoms with Crippen LogP contribution in [-0.2, 0) is 11.3 Å². The molecule has 1 saturated heterocycles. The van der Waals surface area contributed by atoms with Gasteiger partial charge in [0.15, 0.2) is 0 Å². The molecule has 2 atom stereocenters. The molecular formula is C19H19FN4O2. The zero-order chi connectivity index (χ0) is 18.5. The highest BCUT2D eigenvalue weighted by atomic mass is 19.1. The molecule has 6 nitrogen and oxygen atoms in total. The van der Waals surface area contributed by atoms with Crippen LogP contribution in [-0.4, -0.2) is 35.6 Å². The fourth-order valence-corrected chi connectivity index (χ4v) is 3.05. The number of hydrogen-bond donors (Lipinski definition) is 1. The van der Waals surface area contributed by atoms with E-state index in [-0.39, 0.29) is 30.3 Å². The third-order valence-electron chi connectivity index (χ3n) is 4.49. The number of pyridine rings is 1. The van der Waals surface area contributed by atoms with Gasteiger partial charge in [0.05, 0.1) is 11.6 Å². The van der Waals surface area contributed by atoms with E-state index >= 15 is 0 Å². The molecule has 0 saturated carbocycles. The average molecular weight is 354 g/mol. The van der Waals surface area contributed by atoms with Crippen molar-refractivity contribution in [3.63, 3.8) is 0 Å². The Hall–Kier alpha value is -2.98.